The molecule has 1 aromatic heterocycles. The number of benzene rings is 1. The second-order valence-electron chi connectivity index (χ2n) is 6.47. The third kappa shape index (κ3) is 2.82. The third-order valence-corrected chi connectivity index (χ3v) is 4.60. The van der Waals surface area contributed by atoms with Crippen LogP contribution in [0.4, 0.5) is 5.82 Å². The number of ether oxygens (including phenoxy) is 1. The molecule has 1 fully saturated rings. The number of hydrogen-bond acceptors (Lipinski definition) is 4. The summed E-state index contributed by atoms with van der Waals surface area (Å²) in [4.78, 5) is 21.4. The second kappa shape index (κ2) is 6.15. The first-order valence-corrected chi connectivity index (χ1v) is 8.45. The number of pyridine rings is 1. The van der Waals surface area contributed by atoms with Gasteiger partial charge in [0.1, 0.15) is 17.7 Å². The highest BCUT2D eigenvalue weighted by atomic mass is 16.5. The van der Waals surface area contributed by atoms with Gasteiger partial charge in [-0.3, -0.25) is 4.79 Å². The lowest BCUT2D eigenvalue weighted by Crippen LogP contribution is -2.38. The number of hydrogen-bond donors (Lipinski definition) is 0. The highest BCUT2D eigenvalue weighted by Gasteiger charge is 2.25. The van der Waals surface area contributed by atoms with Gasteiger partial charge in [-0.05, 0) is 31.5 Å². The van der Waals surface area contributed by atoms with Crippen LogP contribution in [0.2, 0.25) is 0 Å². The number of anilines is 1. The van der Waals surface area contributed by atoms with E-state index in [2.05, 4.69) is 9.88 Å². The predicted octanol–water partition coefficient (Wildman–Crippen LogP) is 2.72. The first kappa shape index (κ1) is 15.0. The monoisotopic (exact) mass is 323 g/mol. The van der Waals surface area contributed by atoms with E-state index in [-0.39, 0.29) is 12.0 Å². The molecule has 1 amide bonds. The molecule has 2 aromatic rings. The van der Waals surface area contributed by atoms with Crippen LogP contribution < -0.4 is 9.64 Å². The van der Waals surface area contributed by atoms with Gasteiger partial charge in [-0.1, -0.05) is 18.2 Å². The molecule has 0 aliphatic carbocycles. The van der Waals surface area contributed by atoms with E-state index >= 15 is 0 Å². The maximum absolute atomic E-state index is 12.9. The van der Waals surface area contributed by atoms with Crippen molar-refractivity contribution in [3.05, 3.63) is 53.7 Å². The molecule has 1 aromatic carbocycles. The quantitative estimate of drug-likeness (QED) is 0.852. The molecule has 0 bridgehead atoms. The number of para-hydroxylation sites is 1. The summed E-state index contributed by atoms with van der Waals surface area (Å²) in [6, 6.07) is 11.7. The summed E-state index contributed by atoms with van der Waals surface area (Å²) >= 11 is 0. The predicted molar refractivity (Wildman–Crippen MR) is 92.3 cm³/mol. The van der Waals surface area contributed by atoms with Gasteiger partial charge in [0.15, 0.2) is 0 Å². The Morgan fingerprint density at radius 1 is 1.21 bits per heavy atom. The molecule has 1 atom stereocenters. The largest absolute Gasteiger partial charge is 0.489 e. The van der Waals surface area contributed by atoms with E-state index in [1.807, 2.05) is 48.2 Å². The average molecular weight is 323 g/mol. The van der Waals surface area contributed by atoms with Crippen molar-refractivity contribution in [3.63, 3.8) is 0 Å². The van der Waals surface area contributed by atoms with Crippen LogP contribution in [-0.4, -0.2) is 41.5 Å². The van der Waals surface area contributed by atoms with Crippen molar-refractivity contribution in [1.82, 2.24) is 9.88 Å². The summed E-state index contributed by atoms with van der Waals surface area (Å²) in [5.41, 5.74) is 1.67. The number of rotatable bonds is 2. The van der Waals surface area contributed by atoms with Gasteiger partial charge in [-0.2, -0.15) is 0 Å². The van der Waals surface area contributed by atoms with E-state index in [0.29, 0.717) is 18.7 Å². The molecule has 1 saturated heterocycles. The number of amides is 1. The summed E-state index contributed by atoms with van der Waals surface area (Å²) in [5.74, 6) is 1.83. The molecule has 2 aliphatic heterocycles. The third-order valence-electron chi connectivity index (χ3n) is 4.60. The second-order valence-corrected chi connectivity index (χ2v) is 6.47. The minimum Gasteiger partial charge on any atom is -0.489 e. The van der Waals surface area contributed by atoms with Crippen LogP contribution in [0.1, 0.15) is 29.3 Å². The van der Waals surface area contributed by atoms with Gasteiger partial charge in [0.2, 0.25) is 0 Å². The fraction of sp³-hybridized carbons (Fsp3) is 0.368. The number of fused-ring (bicyclic) bond motifs is 1. The summed E-state index contributed by atoms with van der Waals surface area (Å²) in [6.45, 7) is 5.23. The lowest BCUT2D eigenvalue weighted by Gasteiger charge is -2.32. The fourth-order valence-electron chi connectivity index (χ4n) is 3.17. The Balaban J connectivity index is 1.55. The van der Waals surface area contributed by atoms with Gasteiger partial charge in [0.05, 0.1) is 12.1 Å². The Labute approximate surface area is 141 Å². The Kier molecular flexibility index (Phi) is 3.84. The molecule has 1 unspecified atom stereocenters. The summed E-state index contributed by atoms with van der Waals surface area (Å²) in [5, 5.41) is 0. The highest BCUT2D eigenvalue weighted by molar-refractivity contribution is 5.94. The van der Waals surface area contributed by atoms with E-state index in [1.54, 1.807) is 6.20 Å². The van der Waals surface area contributed by atoms with Crippen molar-refractivity contribution >= 4 is 11.7 Å². The SMILES string of the molecule is CC1CN(C(=O)c2ccc(N3CCC3)nc2)Cc2ccccc2O1. The van der Waals surface area contributed by atoms with Gasteiger partial charge in [-0.15, -0.1) is 0 Å². The molecule has 5 nitrogen and oxygen atoms in total. The average Bonchev–Trinajstić information content (AvgIpc) is 2.71. The molecule has 0 saturated carbocycles. The van der Waals surface area contributed by atoms with Gasteiger partial charge in [0.25, 0.3) is 5.91 Å². The summed E-state index contributed by atoms with van der Waals surface area (Å²) in [6.07, 6.45) is 2.87. The molecule has 124 valence electrons. The maximum Gasteiger partial charge on any atom is 0.255 e. The number of carbonyl (C=O) groups excluding carboxylic acids is 1. The van der Waals surface area contributed by atoms with Gasteiger partial charge >= 0.3 is 0 Å². The zero-order valence-electron chi connectivity index (χ0n) is 13.8. The Morgan fingerprint density at radius 2 is 2.04 bits per heavy atom. The lowest BCUT2D eigenvalue weighted by atomic mass is 10.1. The minimum absolute atomic E-state index is 0.00446. The van der Waals surface area contributed by atoms with Crippen LogP contribution in [0.3, 0.4) is 0 Å². The molecule has 5 heteroatoms. The number of carbonyl (C=O) groups is 1. The Bertz CT molecular complexity index is 741. The maximum atomic E-state index is 12.9. The number of nitrogens with zero attached hydrogens (tertiary/aromatic N) is 3. The first-order chi connectivity index (χ1) is 11.7. The Morgan fingerprint density at radius 3 is 2.75 bits per heavy atom. The van der Waals surface area contributed by atoms with Crippen LogP contribution in [0.25, 0.3) is 0 Å². The molecule has 24 heavy (non-hydrogen) atoms. The fourth-order valence-corrected chi connectivity index (χ4v) is 3.17. The van der Waals surface area contributed by atoms with Crippen LogP contribution in [-0.2, 0) is 6.54 Å². The van der Waals surface area contributed by atoms with E-state index in [1.165, 1.54) is 6.42 Å². The van der Waals surface area contributed by atoms with E-state index in [9.17, 15) is 4.79 Å². The van der Waals surface area contributed by atoms with E-state index in [4.69, 9.17) is 4.74 Å². The van der Waals surface area contributed by atoms with Crippen molar-refractivity contribution in [2.75, 3.05) is 24.5 Å². The first-order valence-electron chi connectivity index (χ1n) is 8.45. The van der Waals surface area contributed by atoms with Crippen LogP contribution in [0.15, 0.2) is 42.6 Å². The zero-order valence-corrected chi connectivity index (χ0v) is 13.8. The van der Waals surface area contributed by atoms with Crippen LogP contribution in [0, 0.1) is 0 Å². The van der Waals surface area contributed by atoms with Crippen molar-refractivity contribution in [2.45, 2.75) is 26.0 Å². The molecular formula is C19H21N3O2. The van der Waals surface area contributed by atoms with Crippen molar-refractivity contribution in [2.24, 2.45) is 0 Å². The molecule has 0 radical (unpaired) electrons. The van der Waals surface area contributed by atoms with Crippen LogP contribution >= 0.6 is 0 Å². The molecular weight excluding hydrogens is 302 g/mol. The summed E-state index contributed by atoms with van der Waals surface area (Å²) < 4.78 is 5.93. The van der Waals surface area contributed by atoms with Gasteiger partial charge in [0, 0.05) is 31.4 Å². The molecule has 0 spiro atoms. The van der Waals surface area contributed by atoms with Gasteiger partial charge < -0.3 is 14.5 Å². The summed E-state index contributed by atoms with van der Waals surface area (Å²) in [7, 11) is 0. The Hall–Kier alpha value is -2.56. The van der Waals surface area contributed by atoms with Gasteiger partial charge in [-0.25, -0.2) is 4.98 Å². The molecule has 3 heterocycles. The zero-order chi connectivity index (χ0) is 16.5. The normalized spacial score (nSPS) is 19.8. The lowest BCUT2D eigenvalue weighted by molar-refractivity contribution is 0.0690. The van der Waals surface area contributed by atoms with E-state index < -0.39 is 0 Å². The standard InChI is InChI=1S/C19H21N3O2/c1-14-12-22(13-16-5-2-3-6-17(16)24-14)19(23)15-7-8-18(20-11-15)21-9-4-10-21/h2-3,5-8,11,14H,4,9-10,12-13H2,1H3. The smallest absolute Gasteiger partial charge is 0.255 e. The van der Waals surface area contributed by atoms with Crippen molar-refractivity contribution in [1.29, 1.82) is 0 Å². The molecule has 2 aliphatic rings. The van der Waals surface area contributed by atoms with Crippen molar-refractivity contribution < 1.29 is 9.53 Å². The van der Waals surface area contributed by atoms with E-state index in [0.717, 1.165) is 30.2 Å². The molecule has 4 rings (SSSR count). The minimum atomic E-state index is -0.0362. The van der Waals surface area contributed by atoms with Crippen LogP contribution in [0.5, 0.6) is 5.75 Å². The number of aromatic nitrogens is 1. The molecule has 0 N–H and O–H groups in total. The van der Waals surface area contributed by atoms with Crippen molar-refractivity contribution in [3.8, 4) is 5.75 Å². The topological polar surface area (TPSA) is 45.7 Å². The highest BCUT2D eigenvalue weighted by Crippen LogP contribution is 2.26.